The molecule has 0 spiro atoms. The van der Waals surface area contributed by atoms with E-state index in [4.69, 9.17) is 0 Å². The Bertz CT molecular complexity index is 463. The Kier molecular flexibility index (Phi) is 12.0. The first kappa shape index (κ1) is 21.3. The summed E-state index contributed by atoms with van der Waals surface area (Å²) >= 11 is 0. The minimum Gasteiger partial charge on any atom is -1.00 e. The van der Waals surface area contributed by atoms with E-state index in [1.165, 1.54) is 34.0 Å². The first-order valence-electron chi connectivity index (χ1n) is 4.48. The standard InChI is InChI=1S/C10H8N2O2S2.2ClH.Sn/c13-11-7-3-1-5-9(11)15-16-10-6-2-4-8-12(10)14;;;/h1-8H;2*1H;/q;;;+2/p-2. The van der Waals surface area contributed by atoms with Crippen molar-refractivity contribution in [3.63, 3.8) is 0 Å². The molecular weight excluding hydrogens is 434 g/mol. The molecule has 0 saturated carbocycles. The van der Waals surface area contributed by atoms with Gasteiger partial charge in [-0.15, -0.1) is 0 Å². The molecule has 2 heterocycles. The molecule has 0 unspecified atom stereocenters. The monoisotopic (exact) mass is 442 g/mol. The molecule has 0 fully saturated rings. The molecule has 0 amide bonds. The molecule has 2 radical (unpaired) electrons. The van der Waals surface area contributed by atoms with Gasteiger partial charge in [-0.05, 0) is 12.1 Å². The van der Waals surface area contributed by atoms with Gasteiger partial charge in [0.25, 0.3) is 10.1 Å². The second-order valence-corrected chi connectivity index (χ2v) is 5.07. The van der Waals surface area contributed by atoms with E-state index in [0.29, 0.717) is 10.1 Å². The molecule has 19 heavy (non-hydrogen) atoms. The molecule has 0 aliphatic heterocycles. The Morgan fingerprint density at radius 3 is 1.42 bits per heavy atom. The third-order valence-electron chi connectivity index (χ3n) is 1.79. The molecule has 2 aromatic heterocycles. The van der Waals surface area contributed by atoms with Gasteiger partial charge in [-0.2, -0.15) is 9.46 Å². The second kappa shape index (κ2) is 10.7. The van der Waals surface area contributed by atoms with Crippen LogP contribution in [0.1, 0.15) is 0 Å². The predicted octanol–water partition coefficient (Wildman–Crippen LogP) is -4.62. The first-order chi connectivity index (χ1) is 7.77. The van der Waals surface area contributed by atoms with Crippen LogP contribution in [0.4, 0.5) is 0 Å². The van der Waals surface area contributed by atoms with Crippen molar-refractivity contribution in [1.29, 1.82) is 0 Å². The number of pyridine rings is 2. The summed E-state index contributed by atoms with van der Waals surface area (Å²) < 4.78 is 1.55. The molecule has 2 aromatic rings. The van der Waals surface area contributed by atoms with Gasteiger partial charge in [0.05, 0.1) is 0 Å². The molecule has 0 N–H and O–H groups in total. The zero-order valence-corrected chi connectivity index (χ0v) is 15.4. The Morgan fingerprint density at radius 1 is 0.737 bits per heavy atom. The van der Waals surface area contributed by atoms with Crippen molar-refractivity contribution in [1.82, 2.24) is 0 Å². The quantitative estimate of drug-likeness (QED) is 0.208. The maximum atomic E-state index is 11.3. The van der Waals surface area contributed by atoms with Gasteiger partial charge in [0, 0.05) is 45.9 Å². The van der Waals surface area contributed by atoms with Gasteiger partial charge >= 0.3 is 23.9 Å². The normalized spacial score (nSPS) is 8.63. The molecule has 0 saturated heterocycles. The minimum absolute atomic E-state index is 0. The molecule has 2 rings (SSSR count). The van der Waals surface area contributed by atoms with Gasteiger partial charge in [0.1, 0.15) is 0 Å². The molecule has 0 atom stereocenters. The third kappa shape index (κ3) is 6.31. The fraction of sp³-hybridized carbons (Fsp3) is 0. The molecule has 100 valence electrons. The van der Waals surface area contributed by atoms with Crippen molar-refractivity contribution in [2.75, 3.05) is 0 Å². The maximum absolute atomic E-state index is 11.3. The fourth-order valence-corrected chi connectivity index (χ4v) is 3.03. The van der Waals surface area contributed by atoms with Crippen molar-refractivity contribution in [3.8, 4) is 0 Å². The summed E-state index contributed by atoms with van der Waals surface area (Å²) in [6, 6.07) is 10.3. The zero-order chi connectivity index (χ0) is 11.4. The summed E-state index contributed by atoms with van der Waals surface area (Å²) in [5, 5.41) is 23.8. The predicted molar refractivity (Wildman–Crippen MR) is 68.3 cm³/mol. The van der Waals surface area contributed by atoms with Crippen LogP contribution in [-0.4, -0.2) is 23.9 Å². The average molecular weight is 442 g/mol. The Morgan fingerprint density at radius 2 is 1.11 bits per heavy atom. The average Bonchev–Trinajstić information content (AvgIpc) is 2.30. The summed E-state index contributed by atoms with van der Waals surface area (Å²) in [5.74, 6) is 0. The summed E-state index contributed by atoms with van der Waals surface area (Å²) in [7, 11) is 2.52. The van der Waals surface area contributed by atoms with Crippen LogP contribution in [0.25, 0.3) is 0 Å². The molecule has 0 aliphatic rings. The van der Waals surface area contributed by atoms with Crippen LogP contribution in [0.2, 0.25) is 0 Å². The number of rotatable bonds is 3. The Labute approximate surface area is 148 Å². The van der Waals surface area contributed by atoms with Crippen molar-refractivity contribution < 1.29 is 34.3 Å². The van der Waals surface area contributed by atoms with Crippen molar-refractivity contribution in [2.45, 2.75) is 10.1 Å². The maximum Gasteiger partial charge on any atom is 2.00 e. The van der Waals surface area contributed by atoms with Gasteiger partial charge in [0.2, 0.25) is 0 Å². The summed E-state index contributed by atoms with van der Waals surface area (Å²) in [5.41, 5.74) is 0. The van der Waals surface area contributed by atoms with Crippen molar-refractivity contribution >= 4 is 45.5 Å². The molecule has 0 aromatic carbocycles. The van der Waals surface area contributed by atoms with Gasteiger partial charge < -0.3 is 35.2 Å². The van der Waals surface area contributed by atoms with Crippen molar-refractivity contribution in [2.24, 2.45) is 0 Å². The molecular formula is C10H8Cl2N2O2S2Sn. The van der Waals surface area contributed by atoms with E-state index in [-0.39, 0.29) is 48.7 Å². The Balaban J connectivity index is 0. The smallest absolute Gasteiger partial charge is 1.00 e. The van der Waals surface area contributed by atoms with E-state index in [0.717, 1.165) is 9.46 Å². The van der Waals surface area contributed by atoms with Crippen LogP contribution in [0.15, 0.2) is 58.8 Å². The SMILES string of the molecule is [Cl-].[Cl-].[O-][n+]1ccccc1SSc1cccc[n+]1[O-].[Sn+2]. The van der Waals surface area contributed by atoms with Crippen LogP contribution in [0.5, 0.6) is 0 Å². The summed E-state index contributed by atoms with van der Waals surface area (Å²) in [6.07, 6.45) is 2.86. The fourth-order valence-electron chi connectivity index (χ4n) is 1.04. The van der Waals surface area contributed by atoms with Crippen LogP contribution in [0.3, 0.4) is 0 Å². The van der Waals surface area contributed by atoms with Gasteiger partial charge in [-0.1, -0.05) is 0 Å². The van der Waals surface area contributed by atoms with E-state index in [1.54, 1.807) is 36.4 Å². The van der Waals surface area contributed by atoms with E-state index in [1.807, 2.05) is 0 Å². The number of nitrogens with zero attached hydrogens (tertiary/aromatic N) is 2. The van der Waals surface area contributed by atoms with E-state index >= 15 is 0 Å². The van der Waals surface area contributed by atoms with Crippen LogP contribution >= 0.6 is 21.6 Å². The van der Waals surface area contributed by atoms with Gasteiger partial charge in [-0.3, -0.25) is 0 Å². The number of aromatic nitrogens is 2. The molecule has 4 nitrogen and oxygen atoms in total. The Hall–Kier alpha value is -0.0213. The van der Waals surface area contributed by atoms with Gasteiger partial charge in [-0.25, -0.2) is 0 Å². The first-order valence-corrected chi connectivity index (χ1v) is 6.63. The molecule has 0 bridgehead atoms. The summed E-state index contributed by atoms with van der Waals surface area (Å²) in [4.78, 5) is 0. The molecule has 0 aliphatic carbocycles. The van der Waals surface area contributed by atoms with Crippen LogP contribution < -0.4 is 34.3 Å². The number of halogens is 2. The zero-order valence-electron chi connectivity index (χ0n) is 9.40. The van der Waals surface area contributed by atoms with E-state index in [9.17, 15) is 10.4 Å². The minimum atomic E-state index is 0. The third-order valence-corrected chi connectivity index (χ3v) is 4.12. The topological polar surface area (TPSA) is 53.9 Å². The number of hydrogen-bond acceptors (Lipinski definition) is 4. The summed E-state index contributed by atoms with van der Waals surface area (Å²) in [6.45, 7) is 0. The second-order valence-electron chi connectivity index (χ2n) is 2.90. The number of hydrogen-bond donors (Lipinski definition) is 0. The van der Waals surface area contributed by atoms with E-state index < -0.39 is 0 Å². The molecule has 9 heteroatoms. The van der Waals surface area contributed by atoms with Gasteiger partial charge in [0.15, 0.2) is 12.4 Å². The van der Waals surface area contributed by atoms with Crippen LogP contribution in [-0.2, 0) is 0 Å². The largest absolute Gasteiger partial charge is 2.00 e. The van der Waals surface area contributed by atoms with Crippen LogP contribution in [0, 0.1) is 10.4 Å². The van der Waals surface area contributed by atoms with E-state index in [2.05, 4.69) is 0 Å². The van der Waals surface area contributed by atoms with Crippen molar-refractivity contribution in [3.05, 3.63) is 59.2 Å².